The van der Waals surface area contributed by atoms with E-state index in [4.69, 9.17) is 27.9 Å². The standard InChI is InChI=1S/C24H23Cl2N5O6S/c1-15(32)27-5-7-37-23-13-28-22(12-29-23)30-6-4-16-8-19(2-3-21(16)30)31(14-24(33)34)38(35,36)20-10-17(25)9-18(26)11-20/h2-4,6,8-10,12-13,20H,5,7,11,14H2,1H3,(H,27,32)(H,33,34). The number of allylic oxidation sites excluding steroid dienone is 3. The number of nitrogens with one attached hydrogen (secondary N) is 1. The number of sulfonamides is 1. The third-order valence-corrected chi connectivity index (χ3v) is 8.07. The number of hydrogen-bond donors (Lipinski definition) is 2. The fourth-order valence-corrected chi connectivity index (χ4v) is 6.39. The van der Waals surface area contributed by atoms with Crippen LogP contribution in [0.25, 0.3) is 16.7 Å². The smallest absolute Gasteiger partial charge is 0.324 e. The molecule has 1 aliphatic carbocycles. The summed E-state index contributed by atoms with van der Waals surface area (Å²) in [6.45, 7) is 1.22. The highest BCUT2D eigenvalue weighted by Gasteiger charge is 2.34. The Bertz CT molecular complexity index is 1540. The molecule has 1 amide bonds. The Labute approximate surface area is 228 Å². The minimum atomic E-state index is -4.17. The number of fused-ring (bicyclic) bond motifs is 1. The summed E-state index contributed by atoms with van der Waals surface area (Å²) in [6.07, 6.45) is 7.49. The van der Waals surface area contributed by atoms with Gasteiger partial charge in [-0.1, -0.05) is 23.2 Å². The van der Waals surface area contributed by atoms with Crippen LogP contribution in [0.5, 0.6) is 5.88 Å². The van der Waals surface area contributed by atoms with Crippen molar-refractivity contribution in [2.75, 3.05) is 24.0 Å². The summed E-state index contributed by atoms with van der Waals surface area (Å²) < 4.78 is 35.0. The normalized spacial score (nSPS) is 15.5. The molecule has 38 heavy (non-hydrogen) atoms. The molecule has 0 fully saturated rings. The second kappa shape index (κ2) is 11.4. The first kappa shape index (κ1) is 27.4. The molecule has 1 aliphatic rings. The quantitative estimate of drug-likeness (QED) is 0.348. The molecule has 4 rings (SSSR count). The lowest BCUT2D eigenvalue weighted by molar-refractivity contribution is -0.135. The Morgan fingerprint density at radius 3 is 2.68 bits per heavy atom. The fourth-order valence-electron chi connectivity index (χ4n) is 3.87. The number of carbonyl (C=O) groups excluding carboxylic acids is 1. The molecule has 1 aromatic carbocycles. The molecule has 3 aromatic rings. The van der Waals surface area contributed by atoms with E-state index in [1.165, 1.54) is 37.5 Å². The minimum Gasteiger partial charge on any atom is -0.480 e. The van der Waals surface area contributed by atoms with Crippen molar-refractivity contribution >= 4 is 61.7 Å². The largest absolute Gasteiger partial charge is 0.480 e. The summed E-state index contributed by atoms with van der Waals surface area (Å²) in [7, 11) is -4.17. The van der Waals surface area contributed by atoms with Crippen LogP contribution in [-0.2, 0) is 19.6 Å². The van der Waals surface area contributed by atoms with Crippen LogP contribution in [0.4, 0.5) is 5.69 Å². The number of anilines is 1. The molecule has 0 aliphatic heterocycles. The van der Waals surface area contributed by atoms with Crippen LogP contribution < -0.4 is 14.4 Å². The third kappa shape index (κ3) is 6.26. The highest BCUT2D eigenvalue weighted by molar-refractivity contribution is 7.93. The zero-order valence-electron chi connectivity index (χ0n) is 20.0. The summed E-state index contributed by atoms with van der Waals surface area (Å²) in [5.41, 5.74) is 0.878. The molecule has 2 aromatic heterocycles. The summed E-state index contributed by atoms with van der Waals surface area (Å²) in [4.78, 5) is 31.1. The minimum absolute atomic E-state index is 0.0134. The van der Waals surface area contributed by atoms with Gasteiger partial charge in [0.2, 0.25) is 21.8 Å². The second-order valence-corrected chi connectivity index (χ2v) is 11.3. The molecule has 0 spiro atoms. The number of amides is 1. The van der Waals surface area contributed by atoms with Crippen LogP contribution in [0.1, 0.15) is 13.3 Å². The Kier molecular flexibility index (Phi) is 8.24. The first-order chi connectivity index (χ1) is 18.0. The average molecular weight is 580 g/mol. The Morgan fingerprint density at radius 1 is 1.24 bits per heavy atom. The van der Waals surface area contributed by atoms with E-state index in [9.17, 15) is 23.1 Å². The lowest BCUT2D eigenvalue weighted by Gasteiger charge is -2.28. The Morgan fingerprint density at radius 2 is 2.03 bits per heavy atom. The molecular formula is C24H23Cl2N5O6S. The maximum absolute atomic E-state index is 13.5. The first-order valence-electron chi connectivity index (χ1n) is 11.3. The van der Waals surface area contributed by atoms with Crippen molar-refractivity contribution in [1.82, 2.24) is 19.9 Å². The first-order valence-corrected chi connectivity index (χ1v) is 13.6. The van der Waals surface area contributed by atoms with Gasteiger partial charge < -0.3 is 15.2 Å². The lowest BCUT2D eigenvalue weighted by atomic mass is 10.2. The maximum Gasteiger partial charge on any atom is 0.324 e. The van der Waals surface area contributed by atoms with Gasteiger partial charge in [0.25, 0.3) is 0 Å². The van der Waals surface area contributed by atoms with Crippen LogP contribution in [0.3, 0.4) is 0 Å². The highest BCUT2D eigenvalue weighted by Crippen LogP contribution is 2.32. The van der Waals surface area contributed by atoms with Crippen molar-refractivity contribution < 1.29 is 27.9 Å². The summed E-state index contributed by atoms with van der Waals surface area (Å²) in [6, 6.07) is 6.54. The molecule has 11 nitrogen and oxygen atoms in total. The van der Waals surface area contributed by atoms with E-state index in [-0.39, 0.29) is 34.7 Å². The molecule has 0 saturated carbocycles. The van der Waals surface area contributed by atoms with Crippen molar-refractivity contribution in [3.8, 4) is 11.7 Å². The zero-order chi connectivity index (χ0) is 27.4. The molecule has 0 bridgehead atoms. The Hall–Kier alpha value is -3.61. The number of hydrogen-bond acceptors (Lipinski definition) is 7. The van der Waals surface area contributed by atoms with Gasteiger partial charge in [-0.3, -0.25) is 18.5 Å². The monoisotopic (exact) mass is 579 g/mol. The number of halogens is 2. The van der Waals surface area contributed by atoms with Crippen LogP contribution in [0.15, 0.2) is 65.1 Å². The van der Waals surface area contributed by atoms with Gasteiger partial charge in [-0.05, 0) is 36.4 Å². The van der Waals surface area contributed by atoms with Crippen LogP contribution in [0, 0.1) is 0 Å². The molecule has 1 atom stereocenters. The topological polar surface area (TPSA) is 144 Å². The molecular weight excluding hydrogens is 557 g/mol. The van der Waals surface area contributed by atoms with Gasteiger partial charge in [-0.2, -0.15) is 0 Å². The van der Waals surface area contributed by atoms with Gasteiger partial charge in [0.15, 0.2) is 5.82 Å². The van der Waals surface area contributed by atoms with Gasteiger partial charge in [-0.25, -0.2) is 18.4 Å². The fraction of sp³-hybridized carbons (Fsp3) is 0.250. The molecule has 0 radical (unpaired) electrons. The molecule has 2 N–H and O–H groups in total. The van der Waals surface area contributed by atoms with E-state index in [1.54, 1.807) is 29.0 Å². The number of aromatic nitrogens is 3. The van der Waals surface area contributed by atoms with Gasteiger partial charge in [-0.15, -0.1) is 0 Å². The van der Waals surface area contributed by atoms with E-state index in [0.29, 0.717) is 29.1 Å². The number of carboxylic acids is 1. The number of rotatable bonds is 10. The van der Waals surface area contributed by atoms with Gasteiger partial charge in [0.05, 0.1) is 30.1 Å². The summed E-state index contributed by atoms with van der Waals surface area (Å²) >= 11 is 12.1. The molecule has 2 heterocycles. The highest BCUT2D eigenvalue weighted by atomic mass is 35.5. The molecule has 200 valence electrons. The van der Waals surface area contributed by atoms with Crippen molar-refractivity contribution in [3.63, 3.8) is 0 Å². The van der Waals surface area contributed by atoms with Gasteiger partial charge >= 0.3 is 5.97 Å². The maximum atomic E-state index is 13.5. The molecule has 14 heteroatoms. The van der Waals surface area contributed by atoms with Crippen molar-refractivity contribution in [2.45, 2.75) is 18.6 Å². The number of aliphatic carboxylic acids is 1. The van der Waals surface area contributed by atoms with Crippen molar-refractivity contribution in [1.29, 1.82) is 0 Å². The molecule has 1 unspecified atom stereocenters. The van der Waals surface area contributed by atoms with E-state index < -0.39 is 27.8 Å². The van der Waals surface area contributed by atoms with Crippen LogP contribution in [-0.4, -0.2) is 64.9 Å². The third-order valence-electron chi connectivity index (χ3n) is 5.55. The summed E-state index contributed by atoms with van der Waals surface area (Å²) in [5.74, 6) is -0.689. The van der Waals surface area contributed by atoms with Gasteiger partial charge in [0.1, 0.15) is 18.4 Å². The molecule has 0 saturated heterocycles. The van der Waals surface area contributed by atoms with Crippen LogP contribution in [0.2, 0.25) is 0 Å². The average Bonchev–Trinajstić information content (AvgIpc) is 3.28. The number of benzene rings is 1. The van der Waals surface area contributed by atoms with Crippen LogP contribution >= 0.6 is 23.2 Å². The summed E-state index contributed by atoms with van der Waals surface area (Å²) in [5, 5.41) is 12.1. The van der Waals surface area contributed by atoms with E-state index in [0.717, 1.165) is 4.31 Å². The number of nitrogens with zero attached hydrogens (tertiary/aromatic N) is 4. The second-order valence-electron chi connectivity index (χ2n) is 8.30. The SMILES string of the molecule is CC(=O)NCCOc1cnc(-n2ccc3cc(N(CC(=O)O)S(=O)(=O)C4C=C(Cl)C=C(Cl)C4)ccc32)cn1. The van der Waals surface area contributed by atoms with Gasteiger partial charge in [0, 0.05) is 35.0 Å². The predicted molar refractivity (Wildman–Crippen MR) is 143 cm³/mol. The van der Waals surface area contributed by atoms with E-state index >= 15 is 0 Å². The Balaban J connectivity index is 1.59. The van der Waals surface area contributed by atoms with E-state index in [2.05, 4.69) is 15.3 Å². The lowest BCUT2D eigenvalue weighted by Crippen LogP contribution is -2.41. The van der Waals surface area contributed by atoms with Crippen molar-refractivity contribution in [2.24, 2.45) is 0 Å². The number of ether oxygens (including phenoxy) is 1. The van der Waals surface area contributed by atoms with Crippen molar-refractivity contribution in [3.05, 3.63) is 65.1 Å². The number of carboxylic acid groups (broad SMARTS) is 1. The predicted octanol–water partition coefficient (Wildman–Crippen LogP) is 3.17. The zero-order valence-corrected chi connectivity index (χ0v) is 22.4. The number of carbonyl (C=O) groups is 2. The van der Waals surface area contributed by atoms with E-state index in [1.807, 2.05) is 0 Å².